The molecule has 8 heteroatoms. The van der Waals surface area contributed by atoms with Gasteiger partial charge in [-0.2, -0.15) is 0 Å². The Morgan fingerprint density at radius 3 is 2.00 bits per heavy atom. The van der Waals surface area contributed by atoms with Crippen LogP contribution < -0.4 is 0 Å². The normalized spacial score (nSPS) is 16.6. The van der Waals surface area contributed by atoms with Gasteiger partial charge in [-0.3, -0.25) is 4.90 Å². The van der Waals surface area contributed by atoms with Gasteiger partial charge >= 0.3 is 6.09 Å². The molecule has 1 aliphatic heterocycles. The Kier molecular flexibility index (Phi) is 6.09. The van der Waals surface area contributed by atoms with Gasteiger partial charge in [-0.05, 0) is 57.2 Å². The van der Waals surface area contributed by atoms with Crippen LogP contribution in [0.1, 0.15) is 20.8 Å². The summed E-state index contributed by atoms with van der Waals surface area (Å²) in [6, 6.07) is 8.86. The molecule has 1 fully saturated rings. The standard InChI is InChI=1S/C24H29F2N3O3/c1-24(2,3)32-23(31)28-10-8-27(9-11-28)14-18(30)15-29-21-6-4-16(25)12-19(21)20-13-17(26)5-7-22(20)29/h4-7,12-13,18,30H,8-11,14-15H2,1-3H3. The molecule has 0 saturated carbocycles. The third kappa shape index (κ3) is 4.86. The number of piperazine rings is 1. The van der Waals surface area contributed by atoms with Gasteiger partial charge in [0.15, 0.2) is 0 Å². The number of hydrogen-bond donors (Lipinski definition) is 1. The summed E-state index contributed by atoms with van der Waals surface area (Å²) in [7, 11) is 0. The largest absolute Gasteiger partial charge is 0.444 e. The van der Waals surface area contributed by atoms with Gasteiger partial charge in [0.2, 0.25) is 0 Å². The Balaban J connectivity index is 1.44. The molecule has 1 atom stereocenters. The lowest BCUT2D eigenvalue weighted by Gasteiger charge is -2.36. The SMILES string of the molecule is CC(C)(C)OC(=O)N1CCN(CC(O)Cn2c3ccc(F)cc3c3cc(F)ccc32)CC1. The van der Waals surface area contributed by atoms with Crippen LogP contribution in [0, 0.1) is 11.6 Å². The number of benzene rings is 2. The van der Waals surface area contributed by atoms with Crippen LogP contribution in [0.5, 0.6) is 0 Å². The van der Waals surface area contributed by atoms with Crippen molar-refractivity contribution < 1.29 is 23.4 Å². The number of aliphatic hydroxyl groups excluding tert-OH is 1. The fourth-order valence-electron chi connectivity index (χ4n) is 4.25. The lowest BCUT2D eigenvalue weighted by molar-refractivity contribution is 0.00950. The average Bonchev–Trinajstić information content (AvgIpc) is 2.99. The van der Waals surface area contributed by atoms with Gasteiger partial charge < -0.3 is 19.3 Å². The molecular weight excluding hydrogens is 416 g/mol. The fourth-order valence-corrected chi connectivity index (χ4v) is 4.25. The smallest absolute Gasteiger partial charge is 0.410 e. The van der Waals surface area contributed by atoms with E-state index in [1.807, 2.05) is 25.3 Å². The molecule has 6 nitrogen and oxygen atoms in total. The van der Waals surface area contributed by atoms with Crippen molar-refractivity contribution >= 4 is 27.9 Å². The molecule has 0 bridgehead atoms. The van der Waals surface area contributed by atoms with Crippen LogP contribution in [-0.2, 0) is 11.3 Å². The number of amides is 1. The first-order chi connectivity index (χ1) is 15.1. The number of halogens is 2. The number of fused-ring (bicyclic) bond motifs is 3. The van der Waals surface area contributed by atoms with Crippen molar-refractivity contribution in [3.63, 3.8) is 0 Å². The second kappa shape index (κ2) is 8.67. The Bertz CT molecular complexity index is 1070. The molecule has 1 aromatic heterocycles. The van der Waals surface area contributed by atoms with E-state index in [4.69, 9.17) is 4.74 Å². The summed E-state index contributed by atoms with van der Waals surface area (Å²) in [6.07, 6.45) is -1.00. The number of carbonyl (C=O) groups excluding carboxylic acids is 1. The van der Waals surface area contributed by atoms with E-state index in [1.54, 1.807) is 17.0 Å². The number of carbonyl (C=O) groups is 1. The zero-order valence-corrected chi connectivity index (χ0v) is 18.6. The minimum Gasteiger partial charge on any atom is -0.444 e. The second-order valence-electron chi connectivity index (χ2n) is 9.36. The molecule has 172 valence electrons. The fraction of sp³-hybridized carbons (Fsp3) is 0.458. The Labute approximate surface area is 186 Å². The third-order valence-corrected chi connectivity index (χ3v) is 5.68. The number of nitrogens with zero attached hydrogens (tertiary/aromatic N) is 3. The molecule has 2 heterocycles. The molecule has 0 radical (unpaired) electrons. The van der Waals surface area contributed by atoms with Gasteiger partial charge in [-0.25, -0.2) is 13.6 Å². The molecule has 1 saturated heterocycles. The first-order valence-corrected chi connectivity index (χ1v) is 10.9. The molecule has 32 heavy (non-hydrogen) atoms. The van der Waals surface area contributed by atoms with Crippen LogP contribution in [0.2, 0.25) is 0 Å². The Morgan fingerprint density at radius 1 is 0.969 bits per heavy atom. The maximum Gasteiger partial charge on any atom is 0.410 e. The van der Waals surface area contributed by atoms with Gasteiger partial charge in [0.05, 0.1) is 12.6 Å². The van der Waals surface area contributed by atoms with Crippen molar-refractivity contribution in [1.82, 2.24) is 14.4 Å². The number of β-amino-alcohol motifs (C(OH)–C–C–N with tert-alkyl or cyclic N) is 1. The van der Waals surface area contributed by atoms with E-state index in [0.717, 1.165) is 11.0 Å². The minimum atomic E-state index is -0.683. The van der Waals surface area contributed by atoms with E-state index in [0.29, 0.717) is 50.0 Å². The second-order valence-corrected chi connectivity index (χ2v) is 9.36. The maximum atomic E-state index is 13.8. The van der Waals surface area contributed by atoms with Crippen LogP contribution in [0.4, 0.5) is 13.6 Å². The van der Waals surface area contributed by atoms with Gasteiger partial charge in [-0.1, -0.05) is 0 Å². The number of ether oxygens (including phenoxy) is 1. The first-order valence-electron chi connectivity index (χ1n) is 10.9. The van der Waals surface area contributed by atoms with Crippen molar-refractivity contribution in [1.29, 1.82) is 0 Å². The van der Waals surface area contributed by atoms with Crippen LogP contribution >= 0.6 is 0 Å². The summed E-state index contributed by atoms with van der Waals surface area (Å²) in [5.74, 6) is -0.770. The summed E-state index contributed by atoms with van der Waals surface area (Å²) in [4.78, 5) is 16.0. The van der Waals surface area contributed by atoms with Gasteiger partial charge in [0.1, 0.15) is 17.2 Å². The molecule has 2 aromatic carbocycles. The molecule has 0 aliphatic carbocycles. The van der Waals surface area contributed by atoms with Gasteiger partial charge in [0.25, 0.3) is 0 Å². The number of rotatable bonds is 4. The zero-order chi connectivity index (χ0) is 23.0. The number of hydrogen-bond acceptors (Lipinski definition) is 4. The van der Waals surface area contributed by atoms with Crippen molar-refractivity contribution in [2.75, 3.05) is 32.7 Å². The van der Waals surface area contributed by atoms with Crippen LogP contribution in [-0.4, -0.2) is 70.0 Å². The maximum absolute atomic E-state index is 13.8. The minimum absolute atomic E-state index is 0.295. The Hall–Kier alpha value is -2.71. The average molecular weight is 446 g/mol. The molecule has 1 unspecified atom stereocenters. The molecule has 4 rings (SSSR count). The van der Waals surface area contributed by atoms with Crippen molar-refractivity contribution in [2.45, 2.75) is 39.0 Å². The third-order valence-electron chi connectivity index (χ3n) is 5.68. The highest BCUT2D eigenvalue weighted by molar-refractivity contribution is 6.08. The van der Waals surface area contributed by atoms with E-state index in [-0.39, 0.29) is 17.7 Å². The molecule has 3 aromatic rings. The predicted octanol–water partition coefficient (Wildman–Crippen LogP) is 3.99. The Morgan fingerprint density at radius 2 is 1.50 bits per heavy atom. The van der Waals surface area contributed by atoms with Crippen molar-refractivity contribution in [3.8, 4) is 0 Å². The summed E-state index contributed by atoms with van der Waals surface area (Å²) in [5.41, 5.74) is 0.972. The highest BCUT2D eigenvalue weighted by Gasteiger charge is 2.27. The predicted molar refractivity (Wildman–Crippen MR) is 120 cm³/mol. The summed E-state index contributed by atoms with van der Waals surface area (Å²) < 4.78 is 35.0. The molecular formula is C24H29F2N3O3. The van der Waals surface area contributed by atoms with Gasteiger partial charge in [0, 0.05) is 54.5 Å². The quantitative estimate of drug-likeness (QED) is 0.660. The van der Waals surface area contributed by atoms with E-state index < -0.39 is 11.7 Å². The monoisotopic (exact) mass is 445 g/mol. The lowest BCUT2D eigenvalue weighted by atomic mass is 10.1. The van der Waals surface area contributed by atoms with E-state index >= 15 is 0 Å². The van der Waals surface area contributed by atoms with E-state index in [9.17, 15) is 18.7 Å². The van der Waals surface area contributed by atoms with Crippen LogP contribution in [0.3, 0.4) is 0 Å². The topological polar surface area (TPSA) is 57.9 Å². The van der Waals surface area contributed by atoms with E-state index in [2.05, 4.69) is 4.90 Å². The van der Waals surface area contributed by atoms with Crippen molar-refractivity contribution in [2.24, 2.45) is 0 Å². The van der Waals surface area contributed by atoms with E-state index in [1.165, 1.54) is 24.3 Å². The summed E-state index contributed by atoms with van der Waals surface area (Å²) >= 11 is 0. The van der Waals surface area contributed by atoms with Crippen molar-refractivity contribution in [3.05, 3.63) is 48.0 Å². The molecule has 1 amide bonds. The van der Waals surface area contributed by atoms with Crippen LogP contribution in [0.15, 0.2) is 36.4 Å². The highest BCUT2D eigenvalue weighted by atomic mass is 19.1. The summed E-state index contributed by atoms with van der Waals surface area (Å²) in [5, 5.41) is 12.1. The molecule has 0 spiro atoms. The first kappa shape index (κ1) is 22.5. The van der Waals surface area contributed by atoms with Crippen LogP contribution in [0.25, 0.3) is 21.8 Å². The molecule has 1 aliphatic rings. The van der Waals surface area contributed by atoms with Gasteiger partial charge in [-0.15, -0.1) is 0 Å². The zero-order valence-electron chi connectivity index (χ0n) is 18.6. The highest BCUT2D eigenvalue weighted by Crippen LogP contribution is 2.30. The lowest BCUT2D eigenvalue weighted by Crippen LogP contribution is -2.51. The summed E-state index contributed by atoms with van der Waals surface area (Å²) in [6.45, 7) is 8.61. The number of aromatic nitrogens is 1. The molecule has 1 N–H and O–H groups in total. The number of aliphatic hydroxyl groups is 1.